The zero-order chi connectivity index (χ0) is 15.2. The molecule has 4 heteroatoms. The summed E-state index contributed by atoms with van der Waals surface area (Å²) in [5, 5.41) is 0. The summed E-state index contributed by atoms with van der Waals surface area (Å²) in [6.07, 6.45) is 8.47. The SMILES string of the molecule is Cn1c(=O)oc2cc(CN3CCC4(CCCC4)CC3)ccc21. The molecule has 1 aromatic heterocycles. The van der Waals surface area contributed by atoms with Crippen molar-refractivity contribution in [2.24, 2.45) is 12.5 Å². The zero-order valence-corrected chi connectivity index (χ0v) is 13.3. The van der Waals surface area contributed by atoms with Gasteiger partial charge in [-0.05, 0) is 61.9 Å². The van der Waals surface area contributed by atoms with E-state index in [4.69, 9.17) is 4.42 Å². The maximum Gasteiger partial charge on any atom is 0.419 e. The van der Waals surface area contributed by atoms with Crippen molar-refractivity contribution >= 4 is 11.1 Å². The van der Waals surface area contributed by atoms with Crippen molar-refractivity contribution in [3.05, 3.63) is 34.3 Å². The molecular formula is C18H24N2O2. The Labute approximate surface area is 130 Å². The predicted molar refractivity (Wildman–Crippen MR) is 86.9 cm³/mol. The monoisotopic (exact) mass is 300 g/mol. The largest absolute Gasteiger partial charge is 0.419 e. The molecule has 1 aromatic carbocycles. The van der Waals surface area contributed by atoms with Crippen LogP contribution in [0.5, 0.6) is 0 Å². The smallest absolute Gasteiger partial charge is 0.408 e. The number of hydrogen-bond donors (Lipinski definition) is 0. The number of hydrogen-bond acceptors (Lipinski definition) is 3. The predicted octanol–water partition coefficient (Wildman–Crippen LogP) is 3.29. The van der Waals surface area contributed by atoms with Crippen molar-refractivity contribution in [1.82, 2.24) is 9.47 Å². The first kappa shape index (κ1) is 14.1. The van der Waals surface area contributed by atoms with Gasteiger partial charge in [0, 0.05) is 13.6 Å². The summed E-state index contributed by atoms with van der Waals surface area (Å²) in [7, 11) is 1.75. The highest BCUT2D eigenvalue weighted by Gasteiger charge is 2.36. The second kappa shape index (κ2) is 5.27. The van der Waals surface area contributed by atoms with Gasteiger partial charge in [0.15, 0.2) is 5.58 Å². The Bertz CT molecular complexity index is 727. The van der Waals surface area contributed by atoms with Crippen LogP contribution in [0.4, 0.5) is 0 Å². The number of piperidine rings is 1. The van der Waals surface area contributed by atoms with Crippen molar-refractivity contribution < 1.29 is 4.42 Å². The molecule has 2 heterocycles. The van der Waals surface area contributed by atoms with Crippen LogP contribution in [-0.4, -0.2) is 22.6 Å². The second-order valence-corrected chi connectivity index (χ2v) is 7.21. The maximum atomic E-state index is 11.6. The lowest BCUT2D eigenvalue weighted by Gasteiger charge is -2.39. The molecule has 1 aliphatic heterocycles. The third-order valence-electron chi connectivity index (χ3n) is 5.84. The highest BCUT2D eigenvalue weighted by atomic mass is 16.4. The van der Waals surface area contributed by atoms with E-state index in [-0.39, 0.29) is 5.76 Å². The Balaban J connectivity index is 1.46. The maximum absolute atomic E-state index is 11.6. The van der Waals surface area contributed by atoms with Gasteiger partial charge in [-0.3, -0.25) is 9.47 Å². The molecule has 0 N–H and O–H groups in total. The lowest BCUT2D eigenvalue weighted by Crippen LogP contribution is -2.38. The molecule has 0 unspecified atom stereocenters. The molecule has 0 atom stereocenters. The van der Waals surface area contributed by atoms with Crippen LogP contribution >= 0.6 is 0 Å². The van der Waals surface area contributed by atoms with Crippen LogP contribution in [0.25, 0.3) is 11.1 Å². The average Bonchev–Trinajstić information content (AvgIpc) is 3.08. The fraction of sp³-hybridized carbons (Fsp3) is 0.611. The minimum Gasteiger partial charge on any atom is -0.408 e. The van der Waals surface area contributed by atoms with Crippen molar-refractivity contribution in [2.75, 3.05) is 13.1 Å². The highest BCUT2D eigenvalue weighted by molar-refractivity contribution is 5.73. The van der Waals surface area contributed by atoms with E-state index in [0.717, 1.165) is 12.1 Å². The van der Waals surface area contributed by atoms with E-state index in [1.165, 1.54) is 57.2 Å². The number of nitrogens with zero attached hydrogens (tertiary/aromatic N) is 2. The molecule has 0 amide bonds. The van der Waals surface area contributed by atoms with Gasteiger partial charge in [0.05, 0.1) is 5.52 Å². The summed E-state index contributed by atoms with van der Waals surface area (Å²) in [5.41, 5.74) is 3.49. The fourth-order valence-electron chi connectivity index (χ4n) is 4.35. The first-order chi connectivity index (χ1) is 10.7. The molecule has 0 radical (unpaired) electrons. The topological polar surface area (TPSA) is 38.4 Å². The van der Waals surface area contributed by atoms with Crippen molar-refractivity contribution in [2.45, 2.75) is 45.1 Å². The molecule has 1 spiro atoms. The zero-order valence-electron chi connectivity index (χ0n) is 13.3. The fourth-order valence-corrected chi connectivity index (χ4v) is 4.35. The van der Waals surface area contributed by atoms with Gasteiger partial charge < -0.3 is 4.42 Å². The average molecular weight is 300 g/mol. The Morgan fingerprint density at radius 1 is 1.14 bits per heavy atom. The van der Waals surface area contributed by atoms with Gasteiger partial charge in [-0.15, -0.1) is 0 Å². The Morgan fingerprint density at radius 3 is 2.59 bits per heavy atom. The summed E-state index contributed by atoms with van der Waals surface area (Å²) in [5.74, 6) is -0.284. The first-order valence-corrected chi connectivity index (χ1v) is 8.46. The standard InChI is InChI=1S/C18H24N2O2/c1-19-15-5-4-14(12-16(15)22-17(19)21)13-20-10-8-18(9-11-20)6-2-3-7-18/h4-5,12H,2-3,6-11,13H2,1H3. The van der Waals surface area contributed by atoms with Crippen LogP contribution in [0.2, 0.25) is 0 Å². The number of benzene rings is 1. The van der Waals surface area contributed by atoms with E-state index in [1.807, 2.05) is 12.1 Å². The lowest BCUT2D eigenvalue weighted by molar-refractivity contribution is 0.103. The quantitative estimate of drug-likeness (QED) is 0.854. The molecule has 2 aliphatic rings. The first-order valence-electron chi connectivity index (χ1n) is 8.46. The van der Waals surface area contributed by atoms with E-state index in [0.29, 0.717) is 11.0 Å². The van der Waals surface area contributed by atoms with Crippen molar-refractivity contribution in [3.8, 4) is 0 Å². The number of aryl methyl sites for hydroxylation is 1. The van der Waals surface area contributed by atoms with E-state index in [9.17, 15) is 4.79 Å². The van der Waals surface area contributed by atoms with Gasteiger partial charge in [-0.25, -0.2) is 4.79 Å². The Morgan fingerprint density at radius 2 is 1.86 bits per heavy atom. The summed E-state index contributed by atoms with van der Waals surface area (Å²) >= 11 is 0. The van der Waals surface area contributed by atoms with E-state index < -0.39 is 0 Å². The third-order valence-corrected chi connectivity index (χ3v) is 5.84. The minimum absolute atomic E-state index is 0.284. The van der Waals surface area contributed by atoms with Gasteiger partial charge in [0.25, 0.3) is 0 Å². The number of likely N-dealkylation sites (tertiary alicyclic amines) is 1. The number of aromatic nitrogens is 1. The van der Waals surface area contributed by atoms with Gasteiger partial charge in [-0.1, -0.05) is 18.9 Å². The van der Waals surface area contributed by atoms with Crippen molar-refractivity contribution in [1.29, 1.82) is 0 Å². The molecule has 2 fully saturated rings. The van der Waals surface area contributed by atoms with E-state index >= 15 is 0 Å². The Kier molecular flexibility index (Phi) is 3.37. The Hall–Kier alpha value is -1.55. The number of fused-ring (bicyclic) bond motifs is 1. The van der Waals surface area contributed by atoms with E-state index in [1.54, 1.807) is 11.6 Å². The molecule has 4 rings (SSSR count). The summed E-state index contributed by atoms with van der Waals surface area (Å²) in [4.78, 5) is 14.1. The molecule has 118 valence electrons. The third kappa shape index (κ3) is 2.39. The second-order valence-electron chi connectivity index (χ2n) is 7.21. The van der Waals surface area contributed by atoms with Crippen LogP contribution in [0, 0.1) is 5.41 Å². The molecule has 1 saturated heterocycles. The van der Waals surface area contributed by atoms with Crippen LogP contribution in [0.1, 0.15) is 44.1 Å². The van der Waals surface area contributed by atoms with Gasteiger partial charge in [0.2, 0.25) is 0 Å². The van der Waals surface area contributed by atoms with Gasteiger partial charge in [0.1, 0.15) is 0 Å². The molecule has 1 saturated carbocycles. The van der Waals surface area contributed by atoms with Crippen LogP contribution < -0.4 is 5.76 Å². The number of oxazole rings is 1. The number of rotatable bonds is 2. The molecule has 0 bridgehead atoms. The normalized spacial score (nSPS) is 21.9. The van der Waals surface area contributed by atoms with E-state index in [2.05, 4.69) is 11.0 Å². The summed E-state index contributed by atoms with van der Waals surface area (Å²) < 4.78 is 6.85. The van der Waals surface area contributed by atoms with Crippen LogP contribution in [-0.2, 0) is 13.6 Å². The minimum atomic E-state index is -0.284. The van der Waals surface area contributed by atoms with Crippen LogP contribution in [0.15, 0.2) is 27.4 Å². The molecule has 22 heavy (non-hydrogen) atoms. The summed E-state index contributed by atoms with van der Waals surface area (Å²) in [6.45, 7) is 3.37. The molecule has 4 nitrogen and oxygen atoms in total. The summed E-state index contributed by atoms with van der Waals surface area (Å²) in [6, 6.07) is 6.14. The molecule has 1 aliphatic carbocycles. The highest BCUT2D eigenvalue weighted by Crippen LogP contribution is 2.46. The lowest BCUT2D eigenvalue weighted by atomic mass is 9.77. The molecular weight excluding hydrogens is 276 g/mol. The van der Waals surface area contributed by atoms with Gasteiger partial charge >= 0.3 is 5.76 Å². The van der Waals surface area contributed by atoms with Crippen molar-refractivity contribution in [3.63, 3.8) is 0 Å². The molecule has 2 aromatic rings. The van der Waals surface area contributed by atoms with Crippen LogP contribution in [0.3, 0.4) is 0 Å². The van der Waals surface area contributed by atoms with Gasteiger partial charge in [-0.2, -0.15) is 0 Å².